The number of methoxy groups -OCH3 is 1. The maximum absolute atomic E-state index is 14.4. The second-order valence-electron chi connectivity index (χ2n) is 12.0. The van der Waals surface area contributed by atoms with Gasteiger partial charge in [0.1, 0.15) is 17.3 Å². The highest BCUT2D eigenvalue weighted by Crippen LogP contribution is 2.66. The number of phenolic OH excluding ortho intramolecular Hbond substituents is 1. The van der Waals surface area contributed by atoms with Crippen LogP contribution in [0.15, 0.2) is 78.4 Å². The first-order valence-corrected chi connectivity index (χ1v) is 15.3. The second-order valence-corrected chi connectivity index (χ2v) is 13.2. The van der Waals surface area contributed by atoms with Crippen LogP contribution in [0.5, 0.6) is 11.5 Å². The van der Waals surface area contributed by atoms with Gasteiger partial charge in [-0.3, -0.25) is 29.3 Å². The van der Waals surface area contributed by atoms with E-state index in [9.17, 15) is 38.8 Å². The summed E-state index contributed by atoms with van der Waals surface area (Å²) >= 11 is 14.7. The number of rotatable bonds is 5. The van der Waals surface area contributed by atoms with Gasteiger partial charge in [-0.25, -0.2) is 14.2 Å². The Morgan fingerprint density at radius 2 is 1.66 bits per heavy atom. The van der Waals surface area contributed by atoms with Gasteiger partial charge in [0.25, 0.3) is 17.5 Å². The number of carbonyl (C=O) groups excluding carboxylic acids is 4. The summed E-state index contributed by atoms with van der Waals surface area (Å²) in [6, 6.07) is 14.0. The fourth-order valence-corrected chi connectivity index (χ4v) is 8.61. The minimum atomic E-state index is -2.19. The number of non-ortho nitro benzene ring substituents is 1. The maximum atomic E-state index is 14.4. The SMILES string of the molecule is COc1cc(O)ccc1[C@H]1C2=CC[C@@H]3C(=O)N(c4cccc([N+](=O)[O-])c4)C(=O)[C@@H]3[C@@H]2C[C@@]2(Cl)C(=O)N(c3ccc(F)cc3)C(=O)[C@@]12Cl. The molecule has 4 amide bonds. The molecule has 3 aromatic rings. The molecule has 0 radical (unpaired) electrons. The van der Waals surface area contributed by atoms with Crippen molar-refractivity contribution in [2.24, 2.45) is 17.8 Å². The van der Waals surface area contributed by atoms with Gasteiger partial charge < -0.3 is 9.84 Å². The van der Waals surface area contributed by atoms with E-state index in [4.69, 9.17) is 27.9 Å². The van der Waals surface area contributed by atoms with E-state index in [0.717, 1.165) is 28.0 Å². The summed E-state index contributed by atoms with van der Waals surface area (Å²) < 4.78 is 19.4. The number of allylic oxidation sites excluding steroid dienone is 2. The summed E-state index contributed by atoms with van der Waals surface area (Å²) in [7, 11) is 1.35. The summed E-state index contributed by atoms with van der Waals surface area (Å²) in [5.41, 5.74) is 0.530. The Balaban J connectivity index is 1.40. The standard InChI is InChI=1S/C33H24Cl2FN3O8/c1-47-25-14-20(40)9-10-22(25)27-21-11-12-23-26(29(42)37(28(23)41)18-3-2-4-19(13-18)39(45)46)24(21)15-32(34)30(43)38(31(44)33(27,32)35)17-7-5-16(36)6-8-17/h2-11,13-14,23-24,26-27,40H,12,15H2,1H3/t23-,24+,26-,27+,32+,33-/m0/s1. The average molecular weight is 680 g/mol. The first kappa shape index (κ1) is 30.8. The number of hydrogen-bond donors (Lipinski definition) is 1. The highest BCUT2D eigenvalue weighted by Gasteiger charge is 2.77. The molecule has 7 rings (SSSR count). The van der Waals surface area contributed by atoms with Crippen molar-refractivity contribution in [3.8, 4) is 11.5 Å². The lowest BCUT2D eigenvalue weighted by Gasteiger charge is -2.50. The fraction of sp³-hybridized carbons (Fsp3) is 0.273. The first-order chi connectivity index (χ1) is 22.3. The van der Waals surface area contributed by atoms with Crippen LogP contribution >= 0.6 is 23.2 Å². The van der Waals surface area contributed by atoms with Crippen LogP contribution < -0.4 is 14.5 Å². The summed E-state index contributed by atoms with van der Waals surface area (Å²) in [5, 5.41) is 21.7. The van der Waals surface area contributed by atoms with Crippen molar-refractivity contribution in [3.63, 3.8) is 0 Å². The number of fused-ring (bicyclic) bond motifs is 4. The first-order valence-electron chi connectivity index (χ1n) is 14.5. The third-order valence-electron chi connectivity index (χ3n) is 9.72. The fourth-order valence-electron chi connectivity index (χ4n) is 7.68. The predicted octanol–water partition coefficient (Wildman–Crippen LogP) is 5.22. The Morgan fingerprint density at radius 1 is 0.936 bits per heavy atom. The van der Waals surface area contributed by atoms with Crippen LogP contribution in [0.2, 0.25) is 0 Å². The maximum Gasteiger partial charge on any atom is 0.271 e. The molecule has 2 aliphatic carbocycles. The second kappa shape index (κ2) is 10.6. The van der Waals surface area contributed by atoms with E-state index >= 15 is 0 Å². The molecule has 0 aromatic heterocycles. The Morgan fingerprint density at radius 3 is 2.34 bits per heavy atom. The van der Waals surface area contributed by atoms with Crippen LogP contribution in [0, 0.1) is 33.7 Å². The molecule has 6 atom stereocenters. The lowest BCUT2D eigenvalue weighted by atomic mass is 9.56. The number of phenols is 1. The minimum Gasteiger partial charge on any atom is -0.508 e. The molecule has 2 heterocycles. The Hall–Kier alpha value is -4.81. The van der Waals surface area contributed by atoms with Crippen LogP contribution in [-0.2, 0) is 19.2 Å². The number of nitro benzene ring substituents is 1. The zero-order chi connectivity index (χ0) is 33.6. The number of carbonyl (C=O) groups is 4. The average Bonchev–Trinajstić information content (AvgIpc) is 3.39. The molecule has 11 nitrogen and oxygen atoms in total. The van der Waals surface area contributed by atoms with E-state index in [1.807, 2.05) is 0 Å². The number of anilines is 2. The zero-order valence-corrected chi connectivity index (χ0v) is 25.9. The summed E-state index contributed by atoms with van der Waals surface area (Å²) in [6.07, 6.45) is 1.48. The molecule has 4 aliphatic rings. The van der Waals surface area contributed by atoms with Crippen molar-refractivity contribution < 1.29 is 38.3 Å². The van der Waals surface area contributed by atoms with E-state index in [1.165, 1.54) is 55.6 Å². The molecule has 3 fully saturated rings. The molecule has 1 saturated carbocycles. The van der Waals surface area contributed by atoms with E-state index in [2.05, 4.69) is 0 Å². The number of aromatic hydroxyl groups is 1. The van der Waals surface area contributed by atoms with E-state index in [-0.39, 0.29) is 41.4 Å². The highest BCUT2D eigenvalue weighted by atomic mass is 35.5. The van der Waals surface area contributed by atoms with Gasteiger partial charge >= 0.3 is 0 Å². The molecule has 0 spiro atoms. The van der Waals surface area contributed by atoms with Gasteiger partial charge in [-0.05, 0) is 55.2 Å². The highest BCUT2D eigenvalue weighted by molar-refractivity contribution is 6.58. The molecule has 0 unspecified atom stereocenters. The number of nitro groups is 1. The smallest absolute Gasteiger partial charge is 0.271 e. The number of alkyl halides is 2. The third-order valence-corrected chi connectivity index (χ3v) is 11.1. The van der Waals surface area contributed by atoms with E-state index < -0.39 is 67.8 Å². The van der Waals surface area contributed by atoms with Gasteiger partial charge in [0.15, 0.2) is 9.75 Å². The van der Waals surface area contributed by atoms with Crippen LogP contribution in [0.1, 0.15) is 24.3 Å². The molecule has 2 aliphatic heterocycles. The summed E-state index contributed by atoms with van der Waals surface area (Å²) in [6.45, 7) is 0. The number of nitrogens with zero attached hydrogens (tertiary/aromatic N) is 3. The van der Waals surface area contributed by atoms with Gasteiger partial charge in [-0.2, -0.15) is 0 Å². The van der Waals surface area contributed by atoms with Crippen molar-refractivity contribution in [3.05, 3.63) is 99.9 Å². The Bertz CT molecular complexity index is 1950. The largest absolute Gasteiger partial charge is 0.508 e. The molecule has 240 valence electrons. The quantitative estimate of drug-likeness (QED) is 0.127. The monoisotopic (exact) mass is 679 g/mol. The van der Waals surface area contributed by atoms with Crippen LogP contribution in [0.4, 0.5) is 21.5 Å². The predicted molar refractivity (Wildman–Crippen MR) is 167 cm³/mol. The zero-order valence-electron chi connectivity index (χ0n) is 24.4. The molecule has 47 heavy (non-hydrogen) atoms. The van der Waals surface area contributed by atoms with Crippen molar-refractivity contribution >= 4 is 63.9 Å². The van der Waals surface area contributed by atoms with Crippen molar-refractivity contribution in [2.75, 3.05) is 16.9 Å². The number of ether oxygens (including phenoxy) is 1. The normalized spacial score (nSPS) is 29.7. The van der Waals surface area contributed by atoms with Crippen molar-refractivity contribution in [1.82, 2.24) is 0 Å². The van der Waals surface area contributed by atoms with Crippen molar-refractivity contribution in [1.29, 1.82) is 0 Å². The van der Waals surface area contributed by atoms with Crippen LogP contribution in [0.3, 0.4) is 0 Å². The number of hydrogen-bond acceptors (Lipinski definition) is 8. The van der Waals surface area contributed by atoms with Gasteiger partial charge in [0.05, 0.1) is 35.2 Å². The van der Waals surface area contributed by atoms with Gasteiger partial charge in [-0.15, -0.1) is 23.2 Å². The number of halogens is 3. The number of benzene rings is 3. The lowest BCUT2D eigenvalue weighted by Crippen LogP contribution is -2.60. The molecular weight excluding hydrogens is 656 g/mol. The van der Waals surface area contributed by atoms with Crippen LogP contribution in [0.25, 0.3) is 0 Å². The van der Waals surface area contributed by atoms with Gasteiger partial charge in [0, 0.05) is 29.7 Å². The molecular formula is C33H24Cl2FN3O8. The number of amides is 4. The van der Waals surface area contributed by atoms with E-state index in [0.29, 0.717) is 11.1 Å². The lowest BCUT2D eigenvalue weighted by molar-refractivity contribution is -0.384. The third kappa shape index (κ3) is 4.17. The Kier molecular flexibility index (Phi) is 6.96. The molecule has 0 bridgehead atoms. The summed E-state index contributed by atoms with van der Waals surface area (Å²) in [5.74, 6) is -7.59. The van der Waals surface area contributed by atoms with Gasteiger partial charge in [0.2, 0.25) is 11.8 Å². The molecule has 2 saturated heterocycles. The number of imide groups is 2. The van der Waals surface area contributed by atoms with Gasteiger partial charge in [-0.1, -0.05) is 23.8 Å². The summed E-state index contributed by atoms with van der Waals surface area (Å²) in [4.78, 5) is 65.0. The molecule has 1 N–H and O–H groups in total. The molecule has 14 heteroatoms. The van der Waals surface area contributed by atoms with E-state index in [1.54, 1.807) is 6.08 Å². The van der Waals surface area contributed by atoms with Crippen LogP contribution in [-0.4, -0.2) is 50.5 Å². The topological polar surface area (TPSA) is 147 Å². The molecule has 3 aromatic carbocycles. The minimum absolute atomic E-state index is 0.0274. The Labute approximate surface area is 276 Å². The van der Waals surface area contributed by atoms with Crippen molar-refractivity contribution in [2.45, 2.75) is 28.5 Å².